The van der Waals surface area contributed by atoms with Crippen LogP contribution in [0.5, 0.6) is 0 Å². The zero-order chi connectivity index (χ0) is 19.8. The van der Waals surface area contributed by atoms with Crippen LogP contribution in [0.2, 0.25) is 0 Å². The normalized spacial score (nSPS) is 14.0. The third-order valence-electron chi connectivity index (χ3n) is 5.14. The van der Waals surface area contributed by atoms with E-state index in [1.807, 2.05) is 17.8 Å². The lowest BCUT2D eigenvalue weighted by molar-refractivity contribution is -0.130. The molecule has 1 aliphatic heterocycles. The molecule has 0 radical (unpaired) electrons. The van der Waals surface area contributed by atoms with Crippen LogP contribution >= 0.6 is 11.3 Å². The molecule has 0 unspecified atom stereocenters. The first kappa shape index (κ1) is 20.4. The van der Waals surface area contributed by atoms with Crippen molar-refractivity contribution in [1.29, 1.82) is 0 Å². The van der Waals surface area contributed by atoms with E-state index in [4.69, 9.17) is 0 Å². The molecule has 0 saturated carbocycles. The van der Waals surface area contributed by atoms with Crippen molar-refractivity contribution in [3.8, 4) is 0 Å². The zero-order valence-corrected chi connectivity index (χ0v) is 17.3. The zero-order valence-electron chi connectivity index (χ0n) is 16.5. The van der Waals surface area contributed by atoms with Crippen LogP contribution in [0.1, 0.15) is 48.0 Å². The lowest BCUT2D eigenvalue weighted by Crippen LogP contribution is -2.29. The van der Waals surface area contributed by atoms with Gasteiger partial charge < -0.3 is 15.1 Å². The fourth-order valence-electron chi connectivity index (χ4n) is 3.45. The minimum atomic E-state index is -0.0733. The number of nitrogens with one attached hydrogen (secondary N) is 1. The summed E-state index contributed by atoms with van der Waals surface area (Å²) in [5.41, 5.74) is 3.10. The van der Waals surface area contributed by atoms with Gasteiger partial charge in [-0.3, -0.25) is 9.59 Å². The molecule has 0 bridgehead atoms. The molecule has 1 saturated heterocycles. The maximum Gasteiger partial charge on any atom is 0.252 e. The van der Waals surface area contributed by atoms with Crippen molar-refractivity contribution in [1.82, 2.24) is 10.2 Å². The van der Waals surface area contributed by atoms with Crippen LogP contribution < -0.4 is 10.2 Å². The number of carbonyl (C=O) groups is 2. The quantitative estimate of drug-likeness (QED) is 0.685. The summed E-state index contributed by atoms with van der Waals surface area (Å²) in [6.07, 6.45) is 4.96. The van der Waals surface area contributed by atoms with Crippen molar-refractivity contribution in [2.45, 2.75) is 38.6 Å². The first-order chi connectivity index (χ1) is 13.6. The highest BCUT2D eigenvalue weighted by Crippen LogP contribution is 2.20. The van der Waals surface area contributed by atoms with Crippen molar-refractivity contribution >= 4 is 28.8 Å². The van der Waals surface area contributed by atoms with Crippen molar-refractivity contribution in [2.75, 3.05) is 31.6 Å². The molecule has 6 heteroatoms. The smallest absolute Gasteiger partial charge is 0.252 e. The number of benzene rings is 1. The third kappa shape index (κ3) is 5.83. The van der Waals surface area contributed by atoms with Gasteiger partial charge in [0, 0.05) is 56.3 Å². The molecule has 3 rings (SSSR count). The molecule has 2 amide bonds. The Labute approximate surface area is 171 Å². The molecule has 2 aromatic rings. The van der Waals surface area contributed by atoms with Crippen LogP contribution in [0.4, 0.5) is 5.69 Å². The van der Waals surface area contributed by atoms with Gasteiger partial charge in [0.2, 0.25) is 5.91 Å². The van der Waals surface area contributed by atoms with Crippen molar-refractivity contribution in [3.63, 3.8) is 0 Å². The molecule has 2 heterocycles. The summed E-state index contributed by atoms with van der Waals surface area (Å²) in [6.45, 7) is 3.40. The van der Waals surface area contributed by atoms with Gasteiger partial charge in [-0.25, -0.2) is 0 Å². The number of hydrogen-bond acceptors (Lipinski definition) is 4. The van der Waals surface area contributed by atoms with Crippen LogP contribution in [0.25, 0.3) is 0 Å². The number of anilines is 1. The second kappa shape index (κ2) is 10.3. The first-order valence-electron chi connectivity index (χ1n) is 10.0. The highest BCUT2D eigenvalue weighted by atomic mass is 32.1. The highest BCUT2D eigenvalue weighted by molar-refractivity contribution is 7.08. The third-order valence-corrected chi connectivity index (χ3v) is 5.82. The Balaban J connectivity index is 1.38. The van der Waals surface area contributed by atoms with Crippen LogP contribution in [0.15, 0.2) is 41.1 Å². The second-order valence-electron chi connectivity index (χ2n) is 7.34. The van der Waals surface area contributed by atoms with Crippen LogP contribution in [-0.4, -0.2) is 43.4 Å². The van der Waals surface area contributed by atoms with Gasteiger partial charge in [-0.15, -0.1) is 0 Å². The fraction of sp³-hybridized carbons (Fsp3) is 0.455. The van der Waals surface area contributed by atoms with Gasteiger partial charge in [0.05, 0.1) is 0 Å². The number of amides is 2. The number of rotatable bonds is 8. The Morgan fingerprint density at radius 1 is 1.11 bits per heavy atom. The van der Waals surface area contributed by atoms with Gasteiger partial charge in [-0.1, -0.05) is 12.1 Å². The van der Waals surface area contributed by atoms with E-state index in [0.29, 0.717) is 31.5 Å². The number of hydrogen-bond donors (Lipinski definition) is 1. The molecule has 150 valence electrons. The molecule has 28 heavy (non-hydrogen) atoms. The molecule has 1 aromatic carbocycles. The van der Waals surface area contributed by atoms with E-state index in [1.54, 1.807) is 11.0 Å². The van der Waals surface area contributed by atoms with E-state index >= 15 is 0 Å². The summed E-state index contributed by atoms with van der Waals surface area (Å²) >= 11 is 1.50. The maximum atomic E-state index is 12.3. The van der Waals surface area contributed by atoms with E-state index in [-0.39, 0.29) is 11.8 Å². The van der Waals surface area contributed by atoms with Crippen LogP contribution in [0.3, 0.4) is 0 Å². The molecule has 5 nitrogen and oxygen atoms in total. The van der Waals surface area contributed by atoms with Crippen molar-refractivity contribution < 1.29 is 9.59 Å². The summed E-state index contributed by atoms with van der Waals surface area (Å²) in [5, 5.41) is 6.56. The van der Waals surface area contributed by atoms with Gasteiger partial charge in [0.15, 0.2) is 0 Å². The van der Waals surface area contributed by atoms with Crippen LogP contribution in [0, 0.1) is 0 Å². The lowest BCUT2D eigenvalue weighted by Gasteiger charge is -2.29. The Bertz CT molecular complexity index is 753. The monoisotopic (exact) mass is 399 g/mol. The predicted molar refractivity (Wildman–Crippen MR) is 115 cm³/mol. The average molecular weight is 400 g/mol. The summed E-state index contributed by atoms with van der Waals surface area (Å²) < 4.78 is 0. The van der Waals surface area contributed by atoms with Crippen LogP contribution in [-0.2, 0) is 11.3 Å². The van der Waals surface area contributed by atoms with E-state index in [2.05, 4.69) is 34.5 Å². The predicted octanol–water partition coefficient (Wildman–Crippen LogP) is 3.91. The molecule has 1 aliphatic rings. The van der Waals surface area contributed by atoms with E-state index in [9.17, 15) is 9.59 Å². The molecular formula is C22H29N3O2S. The van der Waals surface area contributed by atoms with Gasteiger partial charge in [-0.2, -0.15) is 11.3 Å². The number of thiophene rings is 1. The Kier molecular flexibility index (Phi) is 7.48. The van der Waals surface area contributed by atoms with Gasteiger partial charge in [0.25, 0.3) is 5.91 Å². The number of piperidine rings is 1. The van der Waals surface area contributed by atoms with Crippen molar-refractivity contribution in [2.24, 2.45) is 0 Å². The van der Waals surface area contributed by atoms with Crippen molar-refractivity contribution in [3.05, 3.63) is 52.2 Å². The number of carbonyl (C=O) groups excluding carboxylic acids is 2. The minimum absolute atomic E-state index is 0.0733. The van der Waals surface area contributed by atoms with Gasteiger partial charge >= 0.3 is 0 Å². The summed E-state index contributed by atoms with van der Waals surface area (Å²) in [5.74, 6) is 0.0285. The van der Waals surface area contributed by atoms with E-state index in [1.165, 1.54) is 36.3 Å². The first-order valence-corrected chi connectivity index (χ1v) is 11.0. The standard InChI is InChI=1S/C22H29N3O2S/c1-24(21(26)6-5-12-23-22(27)19-11-15-28-17-19)16-18-7-9-20(10-8-18)25-13-3-2-4-14-25/h7-11,15,17H,2-6,12-14,16H2,1H3,(H,23,27). The van der Waals surface area contributed by atoms with Gasteiger partial charge in [-0.05, 0) is 54.8 Å². The molecule has 1 fully saturated rings. The molecular weight excluding hydrogens is 370 g/mol. The van der Waals surface area contributed by atoms with E-state index in [0.717, 1.165) is 18.7 Å². The largest absolute Gasteiger partial charge is 0.372 e. The Hall–Kier alpha value is -2.34. The summed E-state index contributed by atoms with van der Waals surface area (Å²) in [6, 6.07) is 10.4. The number of nitrogens with zero attached hydrogens (tertiary/aromatic N) is 2. The molecule has 0 aliphatic carbocycles. The maximum absolute atomic E-state index is 12.3. The molecule has 0 atom stereocenters. The lowest BCUT2D eigenvalue weighted by atomic mass is 10.1. The summed E-state index contributed by atoms with van der Waals surface area (Å²) in [4.78, 5) is 28.4. The highest BCUT2D eigenvalue weighted by Gasteiger charge is 2.12. The minimum Gasteiger partial charge on any atom is -0.372 e. The Morgan fingerprint density at radius 2 is 1.86 bits per heavy atom. The Morgan fingerprint density at radius 3 is 2.54 bits per heavy atom. The van der Waals surface area contributed by atoms with Gasteiger partial charge in [0.1, 0.15) is 0 Å². The molecule has 0 spiro atoms. The second-order valence-corrected chi connectivity index (χ2v) is 8.12. The fourth-order valence-corrected chi connectivity index (χ4v) is 4.09. The molecule has 1 aromatic heterocycles. The topological polar surface area (TPSA) is 52.6 Å². The van der Waals surface area contributed by atoms with E-state index < -0.39 is 0 Å². The molecule has 1 N–H and O–H groups in total. The average Bonchev–Trinajstić information content (AvgIpc) is 3.27. The summed E-state index contributed by atoms with van der Waals surface area (Å²) in [7, 11) is 1.84. The SMILES string of the molecule is CN(Cc1ccc(N2CCCCC2)cc1)C(=O)CCCNC(=O)c1ccsc1.